The summed E-state index contributed by atoms with van der Waals surface area (Å²) >= 11 is 0. The quantitative estimate of drug-likeness (QED) is 0.0870. The highest BCUT2D eigenvalue weighted by Gasteiger charge is 2.51. The van der Waals surface area contributed by atoms with E-state index in [-0.39, 0.29) is 47.3 Å². The van der Waals surface area contributed by atoms with E-state index in [0.29, 0.717) is 11.1 Å². The van der Waals surface area contributed by atoms with Crippen molar-refractivity contribution in [2.45, 2.75) is 24.4 Å². The van der Waals surface area contributed by atoms with Gasteiger partial charge in [0.1, 0.15) is 35.2 Å². The lowest BCUT2D eigenvalue weighted by Gasteiger charge is -2.17. The van der Waals surface area contributed by atoms with Crippen molar-refractivity contribution in [3.63, 3.8) is 0 Å². The van der Waals surface area contributed by atoms with Crippen LogP contribution in [-0.2, 0) is 38.1 Å². The number of carbonyl (C=O) groups is 6. The van der Waals surface area contributed by atoms with Crippen LogP contribution in [0.3, 0.4) is 0 Å². The zero-order chi connectivity index (χ0) is 41.0. The van der Waals surface area contributed by atoms with Crippen molar-refractivity contribution in [3.8, 4) is 23.0 Å². The first-order valence-corrected chi connectivity index (χ1v) is 17.6. The Morgan fingerprint density at radius 2 is 0.776 bits per heavy atom. The highest BCUT2D eigenvalue weighted by Crippen LogP contribution is 2.32. The number of hydrogen-bond acceptors (Lipinski definition) is 14. The lowest BCUT2D eigenvalue weighted by Crippen LogP contribution is -2.36. The van der Waals surface area contributed by atoms with E-state index >= 15 is 0 Å². The van der Waals surface area contributed by atoms with Gasteiger partial charge >= 0.3 is 35.8 Å². The Balaban J connectivity index is 0.929. The molecule has 0 amide bonds. The van der Waals surface area contributed by atoms with Crippen molar-refractivity contribution in [2.75, 3.05) is 13.2 Å². The van der Waals surface area contributed by atoms with Crippen LogP contribution < -0.4 is 18.9 Å². The lowest BCUT2D eigenvalue weighted by atomic mass is 10.1. The Morgan fingerprint density at radius 3 is 1.09 bits per heavy atom. The maximum atomic E-state index is 13.0. The van der Waals surface area contributed by atoms with Gasteiger partial charge in [-0.15, -0.1) is 0 Å². The zero-order valence-corrected chi connectivity index (χ0v) is 30.6. The second kappa shape index (κ2) is 18.9. The lowest BCUT2D eigenvalue weighted by molar-refractivity contribution is -0.130. The molecule has 14 heteroatoms. The Labute approximate surface area is 331 Å². The second-order valence-corrected chi connectivity index (χ2v) is 12.4. The number of esters is 6. The van der Waals surface area contributed by atoms with E-state index in [2.05, 4.69) is 13.2 Å². The van der Waals surface area contributed by atoms with Crippen LogP contribution in [-0.4, -0.2) is 73.4 Å². The van der Waals surface area contributed by atoms with Crippen molar-refractivity contribution in [1.82, 2.24) is 0 Å². The molecule has 2 aliphatic heterocycles. The molecule has 58 heavy (non-hydrogen) atoms. The summed E-state index contributed by atoms with van der Waals surface area (Å²) in [6.07, 6.45) is 4.78. The van der Waals surface area contributed by atoms with Gasteiger partial charge in [-0.2, -0.15) is 0 Å². The van der Waals surface area contributed by atoms with Crippen molar-refractivity contribution >= 4 is 48.0 Å². The van der Waals surface area contributed by atoms with Gasteiger partial charge in [-0.05, 0) is 96.1 Å². The Kier molecular flexibility index (Phi) is 13.1. The first-order chi connectivity index (χ1) is 28.1. The molecule has 2 fully saturated rings. The zero-order valence-electron chi connectivity index (χ0n) is 30.6. The molecular weight excluding hydrogens is 752 g/mol. The minimum atomic E-state index is -0.738. The van der Waals surface area contributed by atoms with Crippen LogP contribution in [0, 0.1) is 0 Å². The summed E-state index contributed by atoms with van der Waals surface area (Å²) in [6.45, 7) is 6.74. The van der Waals surface area contributed by atoms with Gasteiger partial charge in [0, 0.05) is 24.3 Å². The average molecular weight is 787 g/mol. The Morgan fingerprint density at radius 1 is 0.466 bits per heavy atom. The second-order valence-electron chi connectivity index (χ2n) is 12.4. The van der Waals surface area contributed by atoms with E-state index < -0.39 is 60.2 Å². The molecule has 0 N–H and O–H groups in total. The minimum Gasteiger partial charge on any atom is -0.453 e. The van der Waals surface area contributed by atoms with Crippen LogP contribution in [0.1, 0.15) is 31.8 Å². The first kappa shape index (κ1) is 40.2. The minimum absolute atomic E-state index is 0.0423. The fraction of sp³-hybridized carbons (Fsp3) is 0.136. The molecule has 0 unspecified atom stereocenters. The molecule has 6 rings (SSSR count). The SMILES string of the molecule is C=CC(=O)Oc1ccc(OC(=O)/C=C/c2ccc(C(=O)O[C@H]3CO[C@H]4[C@@H]3OC[C@H]4OC(=O)c3ccc(/C=C/C(=O)Oc4ccc(OC(=O)C=C)cc4)cc3)cc2)cc1. The Bertz CT molecular complexity index is 2080. The van der Waals surface area contributed by atoms with Crippen molar-refractivity contribution < 1.29 is 66.7 Å². The summed E-state index contributed by atoms with van der Waals surface area (Å²) < 4.78 is 43.5. The molecule has 2 saturated heterocycles. The van der Waals surface area contributed by atoms with Gasteiger partial charge in [0.2, 0.25) is 0 Å². The summed E-state index contributed by atoms with van der Waals surface area (Å²) in [7, 11) is 0. The number of hydrogen-bond donors (Lipinski definition) is 0. The molecule has 2 heterocycles. The van der Waals surface area contributed by atoms with Gasteiger partial charge in [-0.25, -0.2) is 28.8 Å². The highest BCUT2D eigenvalue weighted by atomic mass is 16.7. The summed E-state index contributed by atoms with van der Waals surface area (Å²) in [6, 6.07) is 24.5. The average Bonchev–Trinajstić information content (AvgIpc) is 3.83. The van der Waals surface area contributed by atoms with Gasteiger partial charge in [0.15, 0.2) is 12.2 Å². The molecule has 4 atom stereocenters. The molecule has 0 aliphatic carbocycles. The molecule has 4 aromatic rings. The highest BCUT2D eigenvalue weighted by molar-refractivity contribution is 5.92. The van der Waals surface area contributed by atoms with E-state index in [1.165, 1.54) is 72.8 Å². The normalized spacial score (nSPS) is 18.1. The van der Waals surface area contributed by atoms with E-state index in [1.807, 2.05) is 0 Å². The predicted octanol–water partition coefficient (Wildman–Crippen LogP) is 5.66. The van der Waals surface area contributed by atoms with Crippen LogP contribution in [0.25, 0.3) is 12.2 Å². The number of carbonyl (C=O) groups excluding carboxylic acids is 6. The topological polar surface area (TPSA) is 176 Å². The van der Waals surface area contributed by atoms with Crippen LogP contribution in [0.15, 0.2) is 135 Å². The maximum absolute atomic E-state index is 13.0. The number of fused-ring (bicyclic) bond motifs is 1. The largest absolute Gasteiger partial charge is 0.453 e. The van der Waals surface area contributed by atoms with E-state index in [4.69, 9.17) is 37.9 Å². The van der Waals surface area contributed by atoms with Crippen LogP contribution in [0.4, 0.5) is 0 Å². The van der Waals surface area contributed by atoms with Gasteiger partial charge in [-0.3, -0.25) is 0 Å². The predicted molar refractivity (Wildman–Crippen MR) is 205 cm³/mol. The summed E-state index contributed by atoms with van der Waals surface area (Å²) in [4.78, 5) is 73.1. The summed E-state index contributed by atoms with van der Waals surface area (Å²) in [5, 5.41) is 0. The molecule has 0 bridgehead atoms. The van der Waals surface area contributed by atoms with Crippen molar-refractivity contribution in [3.05, 3.63) is 157 Å². The Hall–Kier alpha value is -7.42. The first-order valence-electron chi connectivity index (χ1n) is 17.6. The molecule has 294 valence electrons. The molecule has 0 spiro atoms. The molecule has 0 saturated carbocycles. The van der Waals surface area contributed by atoms with Crippen LogP contribution in [0.2, 0.25) is 0 Å². The molecule has 4 aromatic carbocycles. The van der Waals surface area contributed by atoms with Crippen molar-refractivity contribution in [1.29, 1.82) is 0 Å². The third-order valence-electron chi connectivity index (χ3n) is 8.45. The third kappa shape index (κ3) is 10.9. The molecule has 0 radical (unpaired) electrons. The van der Waals surface area contributed by atoms with Gasteiger partial charge in [0.05, 0.1) is 24.3 Å². The van der Waals surface area contributed by atoms with Gasteiger partial charge in [0.25, 0.3) is 0 Å². The molecule has 0 aromatic heterocycles. The fourth-order valence-corrected chi connectivity index (χ4v) is 5.60. The van der Waals surface area contributed by atoms with Gasteiger partial charge in [-0.1, -0.05) is 37.4 Å². The van der Waals surface area contributed by atoms with Crippen LogP contribution >= 0.6 is 0 Å². The van der Waals surface area contributed by atoms with Gasteiger partial charge < -0.3 is 37.9 Å². The smallest absolute Gasteiger partial charge is 0.338 e. The van der Waals surface area contributed by atoms with E-state index in [1.54, 1.807) is 48.5 Å². The molecule has 14 nitrogen and oxygen atoms in total. The third-order valence-corrected chi connectivity index (χ3v) is 8.45. The fourth-order valence-electron chi connectivity index (χ4n) is 5.60. The van der Waals surface area contributed by atoms with Crippen molar-refractivity contribution in [2.24, 2.45) is 0 Å². The summed E-state index contributed by atoms with van der Waals surface area (Å²) in [5.41, 5.74) is 1.76. The monoisotopic (exact) mass is 786 g/mol. The molecular formula is C44H34O14. The van der Waals surface area contributed by atoms with Crippen LogP contribution in [0.5, 0.6) is 23.0 Å². The summed E-state index contributed by atoms with van der Waals surface area (Å²) in [5.74, 6) is -2.69. The van der Waals surface area contributed by atoms with E-state index in [9.17, 15) is 28.8 Å². The molecule has 2 aliphatic rings. The number of benzene rings is 4. The maximum Gasteiger partial charge on any atom is 0.338 e. The number of rotatable bonds is 14. The number of ether oxygens (including phenoxy) is 8. The van der Waals surface area contributed by atoms with E-state index in [0.717, 1.165) is 12.2 Å². The standard InChI is InChI=1S/C44H34O14/c1-3-37(45)53-31-15-19-33(20-16-31)55-39(47)23-9-27-5-11-29(12-6-27)43(49)57-35-25-51-42-36(26-52-41(35)42)58-44(50)30-13-7-28(8-14-30)10-24-40(48)56-34-21-17-32(18-22-34)54-38(46)4-2/h3-24,35-36,41-42H,1-2,25-26H2/b23-9+,24-10+/t35-,36+,41-,42-/m1/s1.